The lowest BCUT2D eigenvalue weighted by atomic mass is 9.72. The van der Waals surface area contributed by atoms with Gasteiger partial charge in [-0.25, -0.2) is 4.79 Å². The molecule has 8 nitrogen and oxygen atoms in total. The maximum atomic E-state index is 14.7. The molecule has 4 heterocycles. The van der Waals surface area contributed by atoms with Crippen molar-refractivity contribution in [2.45, 2.75) is 37.5 Å². The molecule has 1 aromatic heterocycles. The number of anilines is 2. The van der Waals surface area contributed by atoms with Crippen molar-refractivity contribution in [3.8, 4) is 5.75 Å². The third kappa shape index (κ3) is 6.86. The van der Waals surface area contributed by atoms with Crippen LogP contribution in [0, 0.1) is 5.41 Å². The van der Waals surface area contributed by atoms with E-state index in [-0.39, 0.29) is 17.9 Å². The van der Waals surface area contributed by atoms with E-state index in [4.69, 9.17) is 4.74 Å². The number of fused-ring (bicyclic) bond motifs is 1. The lowest BCUT2D eigenvalue weighted by Crippen LogP contribution is -2.61. The first-order chi connectivity index (χ1) is 23.7. The molecule has 2 fully saturated rings. The predicted molar refractivity (Wildman–Crippen MR) is 199 cm³/mol. The Balaban J connectivity index is 1.14. The number of carbonyl (C=O) groups excluding carboxylic acids is 1. The van der Waals surface area contributed by atoms with Gasteiger partial charge >= 0.3 is 5.97 Å². The van der Waals surface area contributed by atoms with Crippen molar-refractivity contribution in [2.75, 3.05) is 48.5 Å². The Morgan fingerprint density at radius 3 is 2.49 bits per heavy atom. The molecule has 1 N–H and O–H groups in total. The van der Waals surface area contributed by atoms with Gasteiger partial charge in [0.25, 0.3) is 5.91 Å². The second-order valence-electron chi connectivity index (χ2n) is 13.0. The molecule has 49 heavy (non-hydrogen) atoms. The van der Waals surface area contributed by atoms with E-state index in [0.717, 1.165) is 65.3 Å². The number of hydrogen-bond donors (Lipinski definition) is 1. The Hall–Kier alpha value is -3.77. The van der Waals surface area contributed by atoms with E-state index in [9.17, 15) is 19.2 Å². The lowest BCUT2D eigenvalue weighted by molar-refractivity contribution is -0.132. The number of thiophene rings is 1. The molecule has 1 unspecified atom stereocenters. The summed E-state index contributed by atoms with van der Waals surface area (Å²) in [6.07, 6.45) is 2.96. The molecule has 0 saturated carbocycles. The molecule has 3 aliphatic heterocycles. The minimum Gasteiger partial charge on any atom is -0.588 e. The first kappa shape index (κ1) is 33.7. The fourth-order valence-electron chi connectivity index (χ4n) is 7.19. The zero-order valence-electron chi connectivity index (χ0n) is 27.3. The van der Waals surface area contributed by atoms with Crippen LogP contribution in [0.3, 0.4) is 0 Å². The normalized spacial score (nSPS) is 17.5. The second-order valence-corrected chi connectivity index (χ2v) is 16.2. The van der Waals surface area contributed by atoms with Crippen LogP contribution < -0.4 is 13.9 Å². The third-order valence-electron chi connectivity index (χ3n) is 9.99. The summed E-state index contributed by atoms with van der Waals surface area (Å²) in [5, 5.41) is 11.8. The molecule has 4 aromatic rings. The van der Waals surface area contributed by atoms with Gasteiger partial charge in [-0.2, -0.15) is 4.31 Å². The summed E-state index contributed by atoms with van der Waals surface area (Å²) in [6, 6.07) is 25.8. The molecule has 1 atom stereocenters. The first-order valence-corrected chi connectivity index (χ1v) is 19.3. The number of benzene rings is 3. The molecular weight excluding hydrogens is 722 g/mol. The fourth-order valence-corrected chi connectivity index (χ4v) is 9.95. The second kappa shape index (κ2) is 14.2. The van der Waals surface area contributed by atoms with Gasteiger partial charge < -0.3 is 24.2 Å². The van der Waals surface area contributed by atoms with Crippen molar-refractivity contribution in [2.24, 2.45) is 5.41 Å². The zero-order chi connectivity index (χ0) is 34.1. The molecule has 1 spiro atoms. The number of hydrogen-bond acceptors (Lipinski definition) is 7. The molecule has 2 saturated heterocycles. The van der Waals surface area contributed by atoms with Crippen LogP contribution in [0.4, 0.5) is 11.4 Å². The summed E-state index contributed by atoms with van der Waals surface area (Å²) in [4.78, 5) is 30.8. The topological polar surface area (TPSA) is 96.4 Å². The molecule has 0 aliphatic carbocycles. The number of amides is 1. The molecule has 11 heteroatoms. The van der Waals surface area contributed by atoms with Crippen LogP contribution in [0.1, 0.15) is 47.0 Å². The minimum absolute atomic E-state index is 0.103. The Morgan fingerprint density at radius 1 is 1.04 bits per heavy atom. The van der Waals surface area contributed by atoms with Crippen LogP contribution in [0.2, 0.25) is 0 Å². The summed E-state index contributed by atoms with van der Waals surface area (Å²) in [6.45, 7) is 5.84. The van der Waals surface area contributed by atoms with Gasteiger partial charge in [-0.3, -0.25) is 4.79 Å². The number of aliphatic carboxylic acids is 1. The van der Waals surface area contributed by atoms with Gasteiger partial charge in [-0.1, -0.05) is 42.5 Å². The summed E-state index contributed by atoms with van der Waals surface area (Å²) in [5.41, 5.74) is 4.83. The molecule has 254 valence electrons. The Labute approximate surface area is 302 Å². The molecule has 0 radical (unpaired) electrons. The zero-order valence-corrected chi connectivity index (χ0v) is 30.5. The highest BCUT2D eigenvalue weighted by Crippen LogP contribution is 2.45. The summed E-state index contributed by atoms with van der Waals surface area (Å²) in [7, 11) is 0. The standard InChI is InChI=1S/C38H38BrN3O5S2/c1-26-29(37(44)45)14-21-47-34-12-11-28(23-30(26)34)49(46)42(18-13-27-7-3-2-4-8-27)33-10-6-5-9-32(33)40-19-16-38(17-20-40)24-41(25-38)36(43)35-31(39)15-22-48-35/h2-12,15,22-23H,13-14,16-21,24-25H2,1H3,(H,44,45). The van der Waals surface area contributed by atoms with Crippen molar-refractivity contribution in [3.05, 3.63) is 110 Å². The van der Waals surface area contributed by atoms with Crippen molar-refractivity contribution >= 4 is 67.5 Å². The van der Waals surface area contributed by atoms with Gasteiger partial charge in [0, 0.05) is 59.7 Å². The van der Waals surface area contributed by atoms with Crippen LogP contribution in [-0.4, -0.2) is 65.8 Å². The molecule has 1 amide bonds. The molecule has 0 bridgehead atoms. The van der Waals surface area contributed by atoms with Gasteiger partial charge in [0.2, 0.25) is 0 Å². The highest BCUT2D eigenvalue weighted by atomic mass is 79.9. The Bertz CT molecular complexity index is 1880. The average Bonchev–Trinajstić information content (AvgIpc) is 3.47. The largest absolute Gasteiger partial charge is 0.588 e. The first-order valence-electron chi connectivity index (χ1n) is 16.5. The highest BCUT2D eigenvalue weighted by molar-refractivity contribution is 9.10. The number of carbonyl (C=O) groups is 2. The fraction of sp³-hybridized carbons (Fsp3) is 0.316. The van der Waals surface area contributed by atoms with Gasteiger partial charge in [-0.05, 0) is 89.0 Å². The van der Waals surface area contributed by atoms with Gasteiger partial charge in [-0.15, -0.1) is 11.3 Å². The van der Waals surface area contributed by atoms with Crippen LogP contribution in [0.25, 0.3) is 5.57 Å². The van der Waals surface area contributed by atoms with Crippen LogP contribution in [-0.2, 0) is 22.6 Å². The average molecular weight is 761 g/mol. The van der Waals surface area contributed by atoms with Crippen molar-refractivity contribution < 1.29 is 24.0 Å². The number of halogens is 1. The summed E-state index contributed by atoms with van der Waals surface area (Å²) in [5.74, 6) is -0.252. The number of allylic oxidation sites excluding steroid dienone is 1. The number of piperidine rings is 1. The summed E-state index contributed by atoms with van der Waals surface area (Å²) >= 11 is 3.39. The van der Waals surface area contributed by atoms with Crippen molar-refractivity contribution in [1.82, 2.24) is 4.90 Å². The number of ether oxygens (including phenoxy) is 1. The van der Waals surface area contributed by atoms with Crippen LogP contribution in [0.5, 0.6) is 5.75 Å². The molecular formula is C38H38BrN3O5S2. The van der Waals surface area contributed by atoms with Gasteiger partial charge in [0.15, 0.2) is 4.90 Å². The Morgan fingerprint density at radius 2 is 1.78 bits per heavy atom. The predicted octanol–water partition coefficient (Wildman–Crippen LogP) is 7.67. The summed E-state index contributed by atoms with van der Waals surface area (Å²) < 4.78 is 23.4. The van der Waals surface area contributed by atoms with E-state index < -0.39 is 17.3 Å². The maximum absolute atomic E-state index is 14.7. The van der Waals surface area contributed by atoms with Gasteiger partial charge in [0.1, 0.15) is 27.7 Å². The van der Waals surface area contributed by atoms with E-state index in [1.54, 1.807) is 6.92 Å². The third-order valence-corrected chi connectivity index (χ3v) is 13.3. The number of carboxylic acid groups (broad SMARTS) is 1. The van der Waals surface area contributed by atoms with E-state index in [1.807, 2.05) is 75.2 Å². The number of likely N-dealkylation sites (tertiary alicyclic amines) is 1. The lowest BCUT2D eigenvalue weighted by Gasteiger charge is -2.54. The van der Waals surface area contributed by atoms with Crippen LogP contribution in [0.15, 0.2) is 99.2 Å². The van der Waals surface area contributed by atoms with Crippen molar-refractivity contribution in [1.29, 1.82) is 0 Å². The van der Waals surface area contributed by atoms with Crippen molar-refractivity contribution in [3.63, 3.8) is 0 Å². The number of carboxylic acids is 1. The molecule has 7 rings (SSSR count). The molecule has 3 aromatic carbocycles. The minimum atomic E-state index is -1.60. The smallest absolute Gasteiger partial charge is 0.331 e. The molecule has 3 aliphatic rings. The maximum Gasteiger partial charge on any atom is 0.331 e. The quantitative estimate of drug-likeness (QED) is 0.175. The van der Waals surface area contributed by atoms with E-state index in [0.29, 0.717) is 46.7 Å². The Kier molecular flexibility index (Phi) is 9.79. The SMILES string of the molecule is CC1=C(C(=O)O)CCOc2ccc([S+]([O-])N(CCc3ccccc3)c3ccccc3N3CCC4(CC3)CN(C(=O)c3sccc3Br)C4)cc21. The highest BCUT2D eigenvalue weighted by Gasteiger charge is 2.47. The number of para-hydroxylation sites is 2. The van der Waals surface area contributed by atoms with Gasteiger partial charge in [0.05, 0.1) is 18.8 Å². The number of nitrogens with zero attached hydrogens (tertiary/aromatic N) is 3. The van der Waals surface area contributed by atoms with E-state index in [1.165, 1.54) is 11.3 Å². The van der Waals surface area contributed by atoms with E-state index in [2.05, 4.69) is 39.0 Å². The number of rotatable bonds is 9. The van der Waals surface area contributed by atoms with E-state index >= 15 is 0 Å². The van der Waals surface area contributed by atoms with Crippen LogP contribution >= 0.6 is 27.3 Å². The monoisotopic (exact) mass is 759 g/mol.